The maximum absolute atomic E-state index is 10.9. The van der Waals surface area contributed by atoms with E-state index in [0.29, 0.717) is 6.61 Å². The molecule has 0 saturated carbocycles. The van der Waals surface area contributed by atoms with Crippen molar-refractivity contribution in [1.29, 1.82) is 0 Å². The lowest BCUT2D eigenvalue weighted by Gasteiger charge is -2.11. The summed E-state index contributed by atoms with van der Waals surface area (Å²) in [5, 5.41) is 0. The Kier molecular flexibility index (Phi) is 5.73. The predicted molar refractivity (Wildman–Crippen MR) is 39.6 cm³/mol. The molecule has 0 fully saturated rings. The zero-order valence-electron chi connectivity index (χ0n) is 6.79. The van der Waals surface area contributed by atoms with E-state index in [0.717, 1.165) is 0 Å². The van der Waals surface area contributed by atoms with Crippen LogP contribution in [0.5, 0.6) is 0 Å². The van der Waals surface area contributed by atoms with Crippen LogP contribution in [0.2, 0.25) is 0 Å². The molecule has 0 aromatic rings. The summed E-state index contributed by atoms with van der Waals surface area (Å²) >= 11 is 0. The second-order valence-corrected chi connectivity index (χ2v) is 1.86. The number of rotatable bonds is 5. The molecule has 5 heteroatoms. The third kappa shape index (κ3) is 3.92. The highest BCUT2D eigenvalue weighted by atomic mass is 16.7. The Morgan fingerprint density at radius 1 is 1.73 bits per heavy atom. The number of nitrogens with one attached hydrogen (secondary N) is 1. The minimum Gasteiger partial charge on any atom is -0.370 e. The maximum Gasteiger partial charge on any atom is 0.273 e. The Hall–Kier alpha value is -0.650. The van der Waals surface area contributed by atoms with E-state index in [1.807, 2.05) is 0 Å². The van der Waals surface area contributed by atoms with Gasteiger partial charge in [-0.15, -0.1) is 0 Å². The number of hydroxylamine groups is 1. The van der Waals surface area contributed by atoms with Crippen molar-refractivity contribution in [3.05, 3.63) is 0 Å². The van der Waals surface area contributed by atoms with E-state index in [1.165, 1.54) is 7.11 Å². The average molecular weight is 162 g/mol. The van der Waals surface area contributed by atoms with Gasteiger partial charge in [0.05, 0.1) is 6.61 Å². The highest BCUT2D eigenvalue weighted by Gasteiger charge is 2.14. The van der Waals surface area contributed by atoms with E-state index in [1.54, 1.807) is 6.92 Å². The monoisotopic (exact) mass is 162 g/mol. The Morgan fingerprint density at radius 3 is 2.73 bits per heavy atom. The van der Waals surface area contributed by atoms with E-state index < -0.39 is 6.10 Å². The van der Waals surface area contributed by atoms with Gasteiger partial charge < -0.3 is 10.5 Å². The van der Waals surface area contributed by atoms with Crippen molar-refractivity contribution in [2.24, 2.45) is 5.73 Å². The molecule has 0 radical (unpaired) electrons. The Labute approximate surface area is 65.8 Å². The second-order valence-electron chi connectivity index (χ2n) is 1.86. The molecule has 0 spiro atoms. The minimum atomic E-state index is -0.624. The van der Waals surface area contributed by atoms with Crippen molar-refractivity contribution >= 4 is 5.91 Å². The van der Waals surface area contributed by atoms with Crippen LogP contribution in [0.3, 0.4) is 0 Å². The summed E-state index contributed by atoms with van der Waals surface area (Å²) in [6, 6.07) is 0. The summed E-state index contributed by atoms with van der Waals surface area (Å²) in [6.45, 7) is 2.34. The van der Waals surface area contributed by atoms with Gasteiger partial charge in [-0.2, -0.15) is 0 Å². The molecular formula is C6H14N2O3. The van der Waals surface area contributed by atoms with Crippen molar-refractivity contribution in [3.63, 3.8) is 0 Å². The number of carbonyl (C=O) groups excluding carboxylic acids is 1. The molecule has 0 aliphatic heterocycles. The summed E-state index contributed by atoms with van der Waals surface area (Å²) in [5.74, 6) is -0.350. The van der Waals surface area contributed by atoms with Crippen LogP contribution in [-0.2, 0) is 14.4 Å². The van der Waals surface area contributed by atoms with Crippen LogP contribution < -0.4 is 11.2 Å². The van der Waals surface area contributed by atoms with Gasteiger partial charge in [0.2, 0.25) is 0 Å². The highest BCUT2D eigenvalue weighted by molar-refractivity contribution is 5.79. The van der Waals surface area contributed by atoms with E-state index in [9.17, 15) is 4.79 Å². The van der Waals surface area contributed by atoms with Gasteiger partial charge in [-0.3, -0.25) is 9.63 Å². The quantitative estimate of drug-likeness (QED) is 0.510. The Balaban J connectivity index is 3.61. The third-order valence-corrected chi connectivity index (χ3v) is 1.11. The normalized spacial score (nSPS) is 12.6. The molecule has 0 aromatic heterocycles. The fourth-order valence-electron chi connectivity index (χ4n) is 0.519. The van der Waals surface area contributed by atoms with E-state index in [2.05, 4.69) is 10.3 Å². The minimum absolute atomic E-state index is 0.148. The van der Waals surface area contributed by atoms with Crippen LogP contribution in [0.15, 0.2) is 0 Å². The second kappa shape index (κ2) is 6.09. The van der Waals surface area contributed by atoms with Crippen molar-refractivity contribution in [1.82, 2.24) is 5.48 Å². The third-order valence-electron chi connectivity index (χ3n) is 1.11. The summed E-state index contributed by atoms with van der Waals surface area (Å²) in [6.07, 6.45) is -0.624. The molecule has 0 aromatic carbocycles. The van der Waals surface area contributed by atoms with Crippen molar-refractivity contribution in [2.45, 2.75) is 13.0 Å². The first-order valence-corrected chi connectivity index (χ1v) is 3.40. The van der Waals surface area contributed by atoms with Gasteiger partial charge in [0.1, 0.15) is 6.10 Å². The van der Waals surface area contributed by atoms with Gasteiger partial charge >= 0.3 is 0 Å². The van der Waals surface area contributed by atoms with Crippen LogP contribution in [0, 0.1) is 0 Å². The first kappa shape index (κ1) is 10.3. The SMILES string of the molecule is CCONC(=O)C(CN)OC. The average Bonchev–Trinajstić information content (AvgIpc) is 2.03. The van der Waals surface area contributed by atoms with E-state index in [-0.39, 0.29) is 12.5 Å². The van der Waals surface area contributed by atoms with Gasteiger partial charge in [0, 0.05) is 13.7 Å². The smallest absolute Gasteiger partial charge is 0.273 e. The molecular weight excluding hydrogens is 148 g/mol. The van der Waals surface area contributed by atoms with Crippen molar-refractivity contribution < 1.29 is 14.4 Å². The number of carbonyl (C=O) groups is 1. The van der Waals surface area contributed by atoms with Crippen LogP contribution in [0.1, 0.15) is 6.92 Å². The highest BCUT2D eigenvalue weighted by Crippen LogP contribution is 1.85. The number of nitrogens with two attached hydrogens (primary N) is 1. The molecule has 11 heavy (non-hydrogen) atoms. The molecule has 5 nitrogen and oxygen atoms in total. The summed E-state index contributed by atoms with van der Waals surface area (Å²) < 4.78 is 4.74. The number of methoxy groups -OCH3 is 1. The van der Waals surface area contributed by atoms with Crippen LogP contribution >= 0.6 is 0 Å². The zero-order valence-corrected chi connectivity index (χ0v) is 6.79. The van der Waals surface area contributed by atoms with E-state index in [4.69, 9.17) is 10.5 Å². The van der Waals surface area contributed by atoms with Gasteiger partial charge in [-0.1, -0.05) is 0 Å². The molecule has 0 heterocycles. The Morgan fingerprint density at radius 2 is 2.36 bits per heavy atom. The summed E-state index contributed by atoms with van der Waals surface area (Å²) in [7, 11) is 1.42. The maximum atomic E-state index is 10.9. The predicted octanol–water partition coefficient (Wildman–Crippen LogP) is -0.972. The Bertz CT molecular complexity index is 114. The molecule has 0 bridgehead atoms. The lowest BCUT2D eigenvalue weighted by Crippen LogP contribution is -2.40. The van der Waals surface area contributed by atoms with Gasteiger partial charge in [-0.25, -0.2) is 5.48 Å². The van der Waals surface area contributed by atoms with Gasteiger partial charge in [0.15, 0.2) is 0 Å². The number of amides is 1. The topological polar surface area (TPSA) is 73.6 Å². The number of hydrogen-bond acceptors (Lipinski definition) is 4. The van der Waals surface area contributed by atoms with Crippen molar-refractivity contribution in [2.75, 3.05) is 20.3 Å². The standard InChI is InChI=1S/C6H14N2O3/c1-3-11-8-6(9)5(4-7)10-2/h5H,3-4,7H2,1-2H3,(H,8,9). The van der Waals surface area contributed by atoms with E-state index >= 15 is 0 Å². The van der Waals surface area contributed by atoms with Crippen LogP contribution in [0.4, 0.5) is 0 Å². The zero-order chi connectivity index (χ0) is 8.69. The first-order valence-electron chi connectivity index (χ1n) is 3.40. The molecule has 0 aliphatic rings. The van der Waals surface area contributed by atoms with Gasteiger partial charge in [0.25, 0.3) is 5.91 Å². The molecule has 66 valence electrons. The molecule has 0 aliphatic carbocycles. The number of ether oxygens (including phenoxy) is 1. The summed E-state index contributed by atoms with van der Waals surface area (Å²) in [5.41, 5.74) is 7.40. The van der Waals surface area contributed by atoms with Crippen molar-refractivity contribution in [3.8, 4) is 0 Å². The molecule has 3 N–H and O–H groups in total. The first-order chi connectivity index (χ1) is 5.26. The fraction of sp³-hybridized carbons (Fsp3) is 0.833. The lowest BCUT2D eigenvalue weighted by atomic mass is 10.3. The summed E-state index contributed by atoms with van der Waals surface area (Å²) in [4.78, 5) is 15.6. The molecule has 0 saturated heterocycles. The molecule has 0 rings (SSSR count). The molecule has 1 unspecified atom stereocenters. The van der Waals surface area contributed by atoms with Crippen LogP contribution in [-0.4, -0.2) is 32.3 Å². The van der Waals surface area contributed by atoms with Crippen LogP contribution in [0.25, 0.3) is 0 Å². The molecule has 1 amide bonds. The largest absolute Gasteiger partial charge is 0.370 e. The lowest BCUT2D eigenvalue weighted by molar-refractivity contribution is -0.143. The van der Waals surface area contributed by atoms with Gasteiger partial charge in [-0.05, 0) is 6.92 Å². The molecule has 1 atom stereocenters. The fourth-order valence-corrected chi connectivity index (χ4v) is 0.519. The number of hydrogen-bond donors (Lipinski definition) is 2.